The normalized spacial score (nSPS) is 22.1. The molecule has 0 aromatic heterocycles. The third-order valence-corrected chi connectivity index (χ3v) is 5.53. The summed E-state index contributed by atoms with van der Waals surface area (Å²) in [6.07, 6.45) is 5.73. The number of hydrogen-bond donors (Lipinski definition) is 1. The predicted octanol–water partition coefficient (Wildman–Crippen LogP) is 1.66. The fourth-order valence-electron chi connectivity index (χ4n) is 3.19. The number of amides is 1. The van der Waals surface area contributed by atoms with Gasteiger partial charge in [-0.1, -0.05) is 31.4 Å². The zero-order chi connectivity index (χ0) is 16.4. The van der Waals surface area contributed by atoms with Crippen LogP contribution < -0.4 is 14.4 Å². The third-order valence-electron chi connectivity index (χ3n) is 4.38. The topological polar surface area (TPSA) is 75.7 Å². The quantitative estimate of drug-likeness (QED) is 0.909. The Labute approximate surface area is 136 Å². The van der Waals surface area contributed by atoms with Gasteiger partial charge in [0.25, 0.3) is 5.91 Å². The minimum Gasteiger partial charge on any atom is -0.476 e. The molecule has 1 aromatic carbocycles. The van der Waals surface area contributed by atoms with Crippen LogP contribution >= 0.6 is 0 Å². The highest BCUT2D eigenvalue weighted by molar-refractivity contribution is 7.92. The van der Waals surface area contributed by atoms with Crippen molar-refractivity contribution >= 4 is 21.6 Å². The van der Waals surface area contributed by atoms with Gasteiger partial charge in [0.1, 0.15) is 5.75 Å². The average molecular weight is 338 g/mol. The van der Waals surface area contributed by atoms with Gasteiger partial charge in [0, 0.05) is 6.04 Å². The highest BCUT2D eigenvalue weighted by Crippen LogP contribution is 2.34. The van der Waals surface area contributed by atoms with Gasteiger partial charge >= 0.3 is 0 Å². The Hall–Kier alpha value is -1.76. The minimum atomic E-state index is -3.47. The number of para-hydroxylation sites is 2. The number of sulfonamides is 1. The Balaban J connectivity index is 1.78. The standard InChI is InChI=1S/C16H22N2O4S/c1-23(20,21)18-11-15(22-14-10-6-5-9-13(14)18)16(19)17-12-7-3-2-4-8-12/h5-6,9-10,12,15H,2-4,7-8,11H2,1H3,(H,17,19). The summed E-state index contributed by atoms with van der Waals surface area (Å²) in [5.41, 5.74) is 0.483. The molecule has 1 fully saturated rings. The maximum absolute atomic E-state index is 12.5. The van der Waals surface area contributed by atoms with E-state index >= 15 is 0 Å². The van der Waals surface area contributed by atoms with Crippen molar-refractivity contribution in [3.05, 3.63) is 24.3 Å². The molecule has 1 amide bonds. The molecule has 7 heteroatoms. The number of ether oxygens (including phenoxy) is 1. The number of fused-ring (bicyclic) bond motifs is 1. The fraction of sp³-hybridized carbons (Fsp3) is 0.562. The molecule has 0 saturated heterocycles. The minimum absolute atomic E-state index is 0.00833. The number of carbonyl (C=O) groups excluding carboxylic acids is 1. The molecule has 6 nitrogen and oxygen atoms in total. The van der Waals surface area contributed by atoms with Gasteiger partial charge in [-0.3, -0.25) is 9.10 Å². The van der Waals surface area contributed by atoms with Crippen molar-refractivity contribution in [1.82, 2.24) is 5.32 Å². The summed E-state index contributed by atoms with van der Waals surface area (Å²) in [5, 5.41) is 3.01. The first-order chi connectivity index (χ1) is 10.9. The first kappa shape index (κ1) is 16.1. The van der Waals surface area contributed by atoms with E-state index in [1.807, 2.05) is 0 Å². The Kier molecular flexibility index (Phi) is 4.48. The molecule has 2 aliphatic rings. The molecule has 1 aliphatic heterocycles. The van der Waals surface area contributed by atoms with Crippen LogP contribution in [0.3, 0.4) is 0 Å². The summed E-state index contributed by atoms with van der Waals surface area (Å²) in [6, 6.07) is 7.06. The number of nitrogens with one attached hydrogen (secondary N) is 1. The summed E-state index contributed by atoms with van der Waals surface area (Å²) in [5.74, 6) is 0.188. The van der Waals surface area contributed by atoms with E-state index in [-0.39, 0.29) is 18.5 Å². The van der Waals surface area contributed by atoms with Crippen LogP contribution in [-0.4, -0.2) is 39.3 Å². The summed E-state index contributed by atoms with van der Waals surface area (Å²) in [4.78, 5) is 12.5. The van der Waals surface area contributed by atoms with E-state index in [1.165, 1.54) is 10.7 Å². The van der Waals surface area contributed by atoms with Crippen molar-refractivity contribution in [3.63, 3.8) is 0 Å². The van der Waals surface area contributed by atoms with Gasteiger partial charge in [-0.15, -0.1) is 0 Å². The molecule has 1 N–H and O–H groups in total. The highest BCUT2D eigenvalue weighted by atomic mass is 32.2. The number of anilines is 1. The second-order valence-corrected chi connectivity index (χ2v) is 8.12. The molecule has 126 valence electrons. The van der Waals surface area contributed by atoms with Crippen molar-refractivity contribution in [2.75, 3.05) is 17.1 Å². The van der Waals surface area contributed by atoms with Gasteiger partial charge in [0.05, 0.1) is 18.5 Å². The number of benzene rings is 1. The second-order valence-electron chi connectivity index (χ2n) is 6.21. The third kappa shape index (κ3) is 3.60. The smallest absolute Gasteiger partial charge is 0.263 e. The van der Waals surface area contributed by atoms with E-state index in [0.717, 1.165) is 31.9 Å². The van der Waals surface area contributed by atoms with Crippen LogP contribution in [0.4, 0.5) is 5.69 Å². The molecule has 1 saturated carbocycles. The lowest BCUT2D eigenvalue weighted by atomic mass is 9.95. The molecular formula is C16H22N2O4S. The monoisotopic (exact) mass is 338 g/mol. The zero-order valence-corrected chi connectivity index (χ0v) is 14.0. The molecule has 1 aromatic rings. The van der Waals surface area contributed by atoms with Crippen molar-refractivity contribution < 1.29 is 17.9 Å². The van der Waals surface area contributed by atoms with Crippen LogP contribution in [0.1, 0.15) is 32.1 Å². The van der Waals surface area contributed by atoms with Gasteiger partial charge in [-0.2, -0.15) is 0 Å². The number of carbonyl (C=O) groups is 1. The average Bonchev–Trinajstić information content (AvgIpc) is 2.54. The Morgan fingerprint density at radius 3 is 2.61 bits per heavy atom. The maximum atomic E-state index is 12.5. The van der Waals surface area contributed by atoms with Crippen molar-refractivity contribution in [3.8, 4) is 5.75 Å². The first-order valence-electron chi connectivity index (χ1n) is 7.99. The molecule has 1 unspecified atom stereocenters. The van der Waals surface area contributed by atoms with Crippen molar-refractivity contribution in [1.29, 1.82) is 0 Å². The van der Waals surface area contributed by atoms with Gasteiger partial charge in [0.2, 0.25) is 10.0 Å². The maximum Gasteiger partial charge on any atom is 0.263 e. The fourth-order valence-corrected chi connectivity index (χ4v) is 4.11. The number of rotatable bonds is 3. The molecule has 23 heavy (non-hydrogen) atoms. The lowest BCUT2D eigenvalue weighted by Gasteiger charge is -2.34. The van der Waals surface area contributed by atoms with E-state index in [2.05, 4.69) is 5.32 Å². The molecule has 3 rings (SSSR count). The van der Waals surface area contributed by atoms with E-state index in [1.54, 1.807) is 24.3 Å². The van der Waals surface area contributed by atoms with Crippen molar-refractivity contribution in [2.45, 2.75) is 44.2 Å². The van der Waals surface area contributed by atoms with Crippen LogP contribution in [0.15, 0.2) is 24.3 Å². The molecule has 1 atom stereocenters. The van der Waals surface area contributed by atoms with Gasteiger partial charge in [0.15, 0.2) is 6.10 Å². The van der Waals surface area contributed by atoms with E-state index in [4.69, 9.17) is 4.74 Å². The summed E-state index contributed by atoms with van der Waals surface area (Å²) < 4.78 is 31.1. The summed E-state index contributed by atoms with van der Waals surface area (Å²) >= 11 is 0. The lowest BCUT2D eigenvalue weighted by Crippen LogP contribution is -2.52. The van der Waals surface area contributed by atoms with Crippen LogP contribution in [-0.2, 0) is 14.8 Å². The Morgan fingerprint density at radius 2 is 1.91 bits per heavy atom. The number of nitrogens with zero attached hydrogens (tertiary/aromatic N) is 1. The summed E-state index contributed by atoms with van der Waals surface area (Å²) in [7, 11) is -3.47. The zero-order valence-electron chi connectivity index (χ0n) is 13.2. The second kappa shape index (κ2) is 6.39. The predicted molar refractivity (Wildman–Crippen MR) is 88.1 cm³/mol. The molecular weight excluding hydrogens is 316 g/mol. The van der Waals surface area contributed by atoms with E-state index < -0.39 is 16.1 Å². The van der Waals surface area contributed by atoms with Crippen LogP contribution in [0, 0.1) is 0 Å². The molecule has 1 heterocycles. The highest BCUT2D eigenvalue weighted by Gasteiger charge is 2.35. The van der Waals surface area contributed by atoms with E-state index in [0.29, 0.717) is 11.4 Å². The van der Waals surface area contributed by atoms with Crippen LogP contribution in [0.25, 0.3) is 0 Å². The molecule has 1 aliphatic carbocycles. The summed E-state index contributed by atoms with van der Waals surface area (Å²) in [6.45, 7) is 0.00833. The van der Waals surface area contributed by atoms with Gasteiger partial charge in [-0.25, -0.2) is 8.42 Å². The van der Waals surface area contributed by atoms with E-state index in [9.17, 15) is 13.2 Å². The number of hydrogen-bond acceptors (Lipinski definition) is 4. The molecule has 0 bridgehead atoms. The molecule has 0 spiro atoms. The Bertz CT molecular complexity index is 683. The van der Waals surface area contributed by atoms with Crippen LogP contribution in [0.2, 0.25) is 0 Å². The SMILES string of the molecule is CS(=O)(=O)N1CC(C(=O)NC2CCCCC2)Oc2ccccc21. The van der Waals surface area contributed by atoms with Gasteiger partial charge < -0.3 is 10.1 Å². The van der Waals surface area contributed by atoms with Gasteiger partial charge in [-0.05, 0) is 25.0 Å². The lowest BCUT2D eigenvalue weighted by molar-refractivity contribution is -0.128. The van der Waals surface area contributed by atoms with Crippen molar-refractivity contribution in [2.24, 2.45) is 0 Å². The Morgan fingerprint density at radius 1 is 1.22 bits per heavy atom. The largest absolute Gasteiger partial charge is 0.476 e. The van der Waals surface area contributed by atoms with Crippen LogP contribution in [0.5, 0.6) is 5.75 Å². The first-order valence-corrected chi connectivity index (χ1v) is 9.84. The molecule has 0 radical (unpaired) electrons.